The van der Waals surface area contributed by atoms with Gasteiger partial charge < -0.3 is 10.4 Å². The normalized spacial score (nSPS) is 12.8. The molecular weight excluding hydrogens is 281 g/mol. The minimum atomic E-state index is -1.14. The second-order valence-corrected chi connectivity index (χ2v) is 6.22. The molecule has 0 aliphatic rings. The summed E-state index contributed by atoms with van der Waals surface area (Å²) in [6.45, 7) is 5.41. The van der Waals surface area contributed by atoms with Crippen molar-refractivity contribution in [2.45, 2.75) is 26.9 Å². The topological polar surface area (TPSA) is 49.3 Å². The van der Waals surface area contributed by atoms with E-state index < -0.39 is 17.3 Å². The summed E-state index contributed by atoms with van der Waals surface area (Å²) in [6, 6.07) is 12.9. The van der Waals surface area contributed by atoms with E-state index in [2.05, 4.69) is 5.32 Å². The Hall–Kier alpha value is -2.20. The molecule has 0 spiro atoms. The maximum absolute atomic E-state index is 13.9. The van der Waals surface area contributed by atoms with Gasteiger partial charge in [0.1, 0.15) is 11.9 Å². The summed E-state index contributed by atoms with van der Waals surface area (Å²) in [5, 5.41) is 13.3. The second-order valence-electron chi connectivity index (χ2n) is 6.22. The zero-order valence-corrected chi connectivity index (χ0v) is 12.9. The van der Waals surface area contributed by atoms with Crippen molar-refractivity contribution in [1.29, 1.82) is 0 Å². The van der Waals surface area contributed by atoms with Crippen molar-refractivity contribution in [3.8, 4) is 0 Å². The van der Waals surface area contributed by atoms with Gasteiger partial charge in [0.05, 0.1) is 0 Å². The molecule has 2 aromatic carbocycles. The molecule has 0 fully saturated rings. The molecule has 22 heavy (non-hydrogen) atoms. The van der Waals surface area contributed by atoms with Crippen LogP contribution in [-0.2, 0) is 4.79 Å². The van der Waals surface area contributed by atoms with Crippen LogP contribution in [0.25, 0.3) is 0 Å². The number of aliphatic hydroxyl groups excluding tert-OH is 1. The fourth-order valence-corrected chi connectivity index (χ4v) is 2.02. The Morgan fingerprint density at radius 2 is 1.59 bits per heavy atom. The van der Waals surface area contributed by atoms with Gasteiger partial charge in [0.15, 0.2) is 0 Å². The minimum absolute atomic E-state index is 0.166. The summed E-state index contributed by atoms with van der Waals surface area (Å²) in [6.07, 6.45) is -1.14. The lowest BCUT2D eigenvalue weighted by molar-refractivity contribution is -0.123. The molecule has 1 amide bonds. The fraction of sp³-hybridized carbons (Fsp3) is 0.278. The van der Waals surface area contributed by atoms with E-state index in [1.807, 2.05) is 0 Å². The summed E-state index contributed by atoms with van der Waals surface area (Å²) in [5.74, 6) is -0.646. The van der Waals surface area contributed by atoms with Crippen LogP contribution in [0.5, 0.6) is 0 Å². The van der Waals surface area contributed by atoms with Crippen molar-refractivity contribution in [3.63, 3.8) is 0 Å². The van der Waals surface area contributed by atoms with Gasteiger partial charge in [0, 0.05) is 22.2 Å². The van der Waals surface area contributed by atoms with Crippen molar-refractivity contribution in [3.05, 3.63) is 65.5 Å². The summed E-state index contributed by atoms with van der Waals surface area (Å²) in [5.41, 5.74) is 0.569. The molecule has 2 rings (SSSR count). The third-order valence-electron chi connectivity index (χ3n) is 3.38. The Kier molecular flexibility index (Phi) is 4.62. The molecule has 0 aromatic heterocycles. The zero-order chi connectivity index (χ0) is 16.3. The highest BCUT2D eigenvalue weighted by Crippen LogP contribution is 2.30. The van der Waals surface area contributed by atoms with Gasteiger partial charge in [-0.1, -0.05) is 57.2 Å². The van der Waals surface area contributed by atoms with E-state index in [4.69, 9.17) is 0 Å². The number of hydrogen-bond acceptors (Lipinski definition) is 2. The van der Waals surface area contributed by atoms with E-state index in [-0.39, 0.29) is 11.5 Å². The molecule has 0 heterocycles. The van der Waals surface area contributed by atoms with Gasteiger partial charge in [-0.05, 0) is 12.1 Å². The molecule has 1 atom stereocenters. The molecule has 0 bridgehead atoms. The van der Waals surface area contributed by atoms with Crippen LogP contribution < -0.4 is 5.32 Å². The molecule has 0 saturated carbocycles. The molecule has 1 unspecified atom stereocenters. The molecule has 2 N–H and O–H groups in total. The maximum atomic E-state index is 13.9. The first kappa shape index (κ1) is 16.2. The number of anilines is 1. The van der Waals surface area contributed by atoms with Crippen molar-refractivity contribution >= 4 is 11.6 Å². The lowest BCUT2D eigenvalue weighted by atomic mass is 9.94. The predicted molar refractivity (Wildman–Crippen MR) is 85.0 cm³/mol. The first-order valence-electron chi connectivity index (χ1n) is 7.13. The maximum Gasteiger partial charge on any atom is 0.229 e. The van der Waals surface area contributed by atoms with Gasteiger partial charge in [-0.2, -0.15) is 0 Å². The highest BCUT2D eigenvalue weighted by atomic mass is 19.1. The number of para-hydroxylation sites is 1. The van der Waals surface area contributed by atoms with E-state index in [0.29, 0.717) is 11.3 Å². The van der Waals surface area contributed by atoms with E-state index in [1.165, 1.54) is 12.1 Å². The Morgan fingerprint density at radius 1 is 1.05 bits per heavy atom. The Morgan fingerprint density at radius 3 is 2.18 bits per heavy atom. The quantitative estimate of drug-likeness (QED) is 0.903. The highest BCUT2D eigenvalue weighted by molar-refractivity contribution is 5.95. The standard InChI is InChI=1S/C18H20FNO2/c1-18(2,3)17(22)20-15-11-7-5-9-13(15)16(21)12-8-4-6-10-14(12)19/h4-11,16,21H,1-3H3,(H,20,22). The smallest absolute Gasteiger partial charge is 0.229 e. The monoisotopic (exact) mass is 301 g/mol. The molecule has 116 valence electrons. The first-order valence-corrected chi connectivity index (χ1v) is 7.13. The average Bonchev–Trinajstić information content (AvgIpc) is 2.46. The van der Waals surface area contributed by atoms with Crippen LogP contribution in [-0.4, -0.2) is 11.0 Å². The first-order chi connectivity index (χ1) is 10.3. The Bertz CT molecular complexity index is 677. The van der Waals surface area contributed by atoms with Gasteiger partial charge in [-0.3, -0.25) is 4.79 Å². The molecule has 0 radical (unpaired) electrons. The molecule has 2 aromatic rings. The molecule has 4 heteroatoms. The molecule has 0 aliphatic heterocycles. The molecule has 3 nitrogen and oxygen atoms in total. The zero-order valence-electron chi connectivity index (χ0n) is 12.9. The van der Waals surface area contributed by atoms with Gasteiger partial charge in [-0.25, -0.2) is 4.39 Å². The van der Waals surface area contributed by atoms with Crippen LogP contribution >= 0.6 is 0 Å². The van der Waals surface area contributed by atoms with Gasteiger partial charge in [0.2, 0.25) is 5.91 Å². The fourth-order valence-electron chi connectivity index (χ4n) is 2.02. The summed E-state index contributed by atoms with van der Waals surface area (Å²) in [7, 11) is 0. The second kappa shape index (κ2) is 6.28. The average molecular weight is 301 g/mol. The van der Waals surface area contributed by atoms with Crippen LogP contribution in [0, 0.1) is 11.2 Å². The molecule has 0 saturated heterocycles. The largest absolute Gasteiger partial charge is 0.383 e. The summed E-state index contributed by atoms with van der Waals surface area (Å²) < 4.78 is 13.9. The lowest BCUT2D eigenvalue weighted by Gasteiger charge is -2.21. The number of halogens is 1. The van der Waals surface area contributed by atoms with Crippen LogP contribution in [0.3, 0.4) is 0 Å². The van der Waals surface area contributed by atoms with Gasteiger partial charge in [-0.15, -0.1) is 0 Å². The van der Waals surface area contributed by atoms with Crippen molar-refractivity contribution in [1.82, 2.24) is 0 Å². The van der Waals surface area contributed by atoms with Crippen molar-refractivity contribution < 1.29 is 14.3 Å². The Labute approximate surface area is 129 Å². The number of rotatable bonds is 3. The number of benzene rings is 2. The van der Waals surface area contributed by atoms with E-state index in [0.717, 1.165) is 0 Å². The number of amides is 1. The number of aliphatic hydroxyl groups is 1. The van der Waals surface area contributed by atoms with Crippen LogP contribution in [0.1, 0.15) is 38.0 Å². The van der Waals surface area contributed by atoms with Crippen LogP contribution in [0.15, 0.2) is 48.5 Å². The van der Waals surface area contributed by atoms with Gasteiger partial charge >= 0.3 is 0 Å². The summed E-state index contributed by atoms with van der Waals surface area (Å²) in [4.78, 5) is 12.1. The number of hydrogen-bond donors (Lipinski definition) is 2. The lowest BCUT2D eigenvalue weighted by Crippen LogP contribution is -2.28. The minimum Gasteiger partial charge on any atom is -0.383 e. The number of nitrogens with one attached hydrogen (secondary N) is 1. The molecular formula is C18H20FNO2. The SMILES string of the molecule is CC(C)(C)C(=O)Nc1ccccc1C(O)c1ccccc1F. The van der Waals surface area contributed by atoms with E-state index in [1.54, 1.807) is 57.2 Å². The van der Waals surface area contributed by atoms with Crippen molar-refractivity contribution in [2.75, 3.05) is 5.32 Å². The highest BCUT2D eigenvalue weighted by Gasteiger charge is 2.24. The third kappa shape index (κ3) is 3.52. The third-order valence-corrected chi connectivity index (χ3v) is 3.38. The van der Waals surface area contributed by atoms with E-state index in [9.17, 15) is 14.3 Å². The van der Waals surface area contributed by atoms with Gasteiger partial charge in [0.25, 0.3) is 0 Å². The Balaban J connectivity index is 2.37. The molecule has 0 aliphatic carbocycles. The van der Waals surface area contributed by atoms with E-state index >= 15 is 0 Å². The number of carbonyl (C=O) groups excluding carboxylic acids is 1. The van der Waals surface area contributed by atoms with Crippen LogP contribution in [0.2, 0.25) is 0 Å². The van der Waals surface area contributed by atoms with Crippen LogP contribution in [0.4, 0.5) is 10.1 Å². The number of carbonyl (C=O) groups is 1. The van der Waals surface area contributed by atoms with Crippen molar-refractivity contribution in [2.24, 2.45) is 5.41 Å². The summed E-state index contributed by atoms with van der Waals surface area (Å²) >= 11 is 0. The predicted octanol–water partition coefficient (Wildman–Crippen LogP) is 3.89.